The monoisotopic (exact) mass is 447 g/mol. The summed E-state index contributed by atoms with van der Waals surface area (Å²) in [6.07, 6.45) is 0. The van der Waals surface area contributed by atoms with Crippen LogP contribution in [0, 0.1) is 18.6 Å². The summed E-state index contributed by atoms with van der Waals surface area (Å²) in [6.45, 7) is 0.884. The molecule has 0 spiro atoms. The molecule has 1 amide bonds. The molecule has 2 N–H and O–H groups in total. The Balaban J connectivity index is 1.77. The predicted molar refractivity (Wildman–Crippen MR) is 111 cm³/mol. The highest BCUT2D eigenvalue weighted by molar-refractivity contribution is 7.92. The van der Waals surface area contributed by atoms with Crippen molar-refractivity contribution in [3.8, 4) is 0 Å². The van der Waals surface area contributed by atoms with Crippen LogP contribution in [0.25, 0.3) is 0 Å². The van der Waals surface area contributed by atoms with E-state index < -0.39 is 39.7 Å². The highest BCUT2D eigenvalue weighted by Crippen LogP contribution is 2.13. The molecule has 1 aromatic heterocycles. The summed E-state index contributed by atoms with van der Waals surface area (Å²) in [5.74, 6) is -1.94. The number of nitrogens with zero attached hydrogens (tertiary/aromatic N) is 1. The molecule has 0 saturated carbocycles. The number of aromatic nitrogens is 1. The zero-order valence-electron chi connectivity index (χ0n) is 16.4. The number of hydrogen-bond acceptors (Lipinski definition) is 4. The van der Waals surface area contributed by atoms with Gasteiger partial charge in [-0.1, -0.05) is 18.2 Å². The van der Waals surface area contributed by atoms with Gasteiger partial charge in [0.05, 0.1) is 4.90 Å². The van der Waals surface area contributed by atoms with Crippen molar-refractivity contribution in [3.05, 3.63) is 93.9 Å². The number of amides is 1. The quantitative estimate of drug-likeness (QED) is 0.582. The van der Waals surface area contributed by atoms with Crippen LogP contribution in [0.2, 0.25) is 0 Å². The van der Waals surface area contributed by atoms with E-state index in [4.69, 9.17) is 0 Å². The zero-order valence-corrected chi connectivity index (χ0v) is 17.2. The third kappa shape index (κ3) is 5.34. The molecule has 0 unspecified atom stereocenters. The summed E-state index contributed by atoms with van der Waals surface area (Å²) in [6, 6.07) is 13.2. The van der Waals surface area contributed by atoms with E-state index in [1.165, 1.54) is 24.3 Å². The fourth-order valence-electron chi connectivity index (χ4n) is 2.82. The van der Waals surface area contributed by atoms with Crippen LogP contribution >= 0.6 is 0 Å². The molecule has 31 heavy (non-hydrogen) atoms. The van der Waals surface area contributed by atoms with Crippen LogP contribution in [-0.4, -0.2) is 18.9 Å². The number of anilines is 1. The van der Waals surface area contributed by atoms with Gasteiger partial charge in [-0.15, -0.1) is 0 Å². The lowest BCUT2D eigenvalue weighted by molar-refractivity contribution is -0.121. The third-order valence-corrected chi connectivity index (χ3v) is 5.86. The second kappa shape index (κ2) is 9.09. The largest absolute Gasteiger partial charge is 0.350 e. The predicted octanol–water partition coefficient (Wildman–Crippen LogP) is 2.55. The molecule has 0 saturated heterocycles. The van der Waals surface area contributed by atoms with Crippen molar-refractivity contribution in [2.24, 2.45) is 0 Å². The van der Waals surface area contributed by atoms with E-state index >= 15 is 0 Å². The Labute approximate surface area is 177 Å². The number of hydrogen-bond donors (Lipinski definition) is 2. The van der Waals surface area contributed by atoms with Gasteiger partial charge in [0.2, 0.25) is 5.91 Å². The van der Waals surface area contributed by atoms with Gasteiger partial charge < -0.3 is 9.88 Å². The number of carbonyl (C=O) groups excluding carboxylic acids is 1. The van der Waals surface area contributed by atoms with E-state index in [-0.39, 0.29) is 22.7 Å². The maximum Gasteiger partial charge on any atom is 0.275 e. The summed E-state index contributed by atoms with van der Waals surface area (Å²) >= 11 is 0. The van der Waals surface area contributed by atoms with Crippen molar-refractivity contribution in [2.75, 3.05) is 4.72 Å². The van der Waals surface area contributed by atoms with Gasteiger partial charge in [-0.05, 0) is 49.4 Å². The minimum Gasteiger partial charge on any atom is -0.350 e. The maximum atomic E-state index is 13.7. The zero-order chi connectivity index (χ0) is 22.6. The fraction of sp³-hybridized carbons (Fsp3) is 0.143. The van der Waals surface area contributed by atoms with Crippen LogP contribution in [-0.2, 0) is 27.9 Å². The van der Waals surface area contributed by atoms with E-state index in [9.17, 15) is 26.8 Å². The SMILES string of the molecule is Cc1ccc(NS(=O)(=O)c2ccccc2)c(=O)n1CC(=O)NCc1cc(F)ccc1F. The van der Waals surface area contributed by atoms with Gasteiger partial charge in [0.25, 0.3) is 15.6 Å². The number of carbonyl (C=O) groups is 1. The second-order valence-electron chi connectivity index (χ2n) is 6.71. The standard InChI is InChI=1S/C21H19F2N3O4S/c1-14-7-10-19(25-31(29,30)17-5-3-2-4-6-17)21(28)26(14)13-20(27)24-12-15-11-16(22)8-9-18(15)23/h2-11,25H,12-13H2,1H3,(H,24,27). The van der Waals surface area contributed by atoms with Crippen LogP contribution in [0.1, 0.15) is 11.3 Å². The first-order valence-electron chi connectivity index (χ1n) is 9.16. The molecule has 10 heteroatoms. The summed E-state index contributed by atoms with van der Waals surface area (Å²) < 4.78 is 55.2. The maximum absolute atomic E-state index is 13.7. The molecule has 3 rings (SSSR count). The van der Waals surface area contributed by atoms with Gasteiger partial charge in [0, 0.05) is 17.8 Å². The van der Waals surface area contributed by atoms with Gasteiger partial charge in [-0.2, -0.15) is 0 Å². The molecule has 0 radical (unpaired) electrons. The van der Waals surface area contributed by atoms with Crippen molar-refractivity contribution in [2.45, 2.75) is 24.9 Å². The number of aryl methyl sites for hydroxylation is 1. The summed E-state index contributed by atoms with van der Waals surface area (Å²) in [7, 11) is -3.99. The lowest BCUT2D eigenvalue weighted by atomic mass is 10.2. The Kier molecular flexibility index (Phi) is 6.50. The van der Waals surface area contributed by atoms with Crippen LogP contribution < -0.4 is 15.6 Å². The molecule has 2 aromatic carbocycles. The minimum absolute atomic E-state index is 0.0172. The van der Waals surface area contributed by atoms with Crippen molar-refractivity contribution < 1.29 is 22.0 Å². The molecule has 0 fully saturated rings. The van der Waals surface area contributed by atoms with Crippen molar-refractivity contribution in [3.63, 3.8) is 0 Å². The number of halogens is 2. The molecular weight excluding hydrogens is 428 g/mol. The molecule has 162 valence electrons. The molecule has 1 heterocycles. The van der Waals surface area contributed by atoms with Crippen LogP contribution in [0.5, 0.6) is 0 Å². The fourth-order valence-corrected chi connectivity index (χ4v) is 3.90. The van der Waals surface area contributed by atoms with Gasteiger partial charge in [-0.25, -0.2) is 17.2 Å². The smallest absolute Gasteiger partial charge is 0.275 e. The van der Waals surface area contributed by atoms with E-state index in [1.807, 2.05) is 0 Å². The molecule has 0 aliphatic carbocycles. The van der Waals surface area contributed by atoms with Crippen molar-refractivity contribution in [1.29, 1.82) is 0 Å². The molecule has 0 aliphatic heterocycles. The number of sulfonamides is 1. The number of rotatable bonds is 7. The van der Waals surface area contributed by atoms with Gasteiger partial charge >= 0.3 is 0 Å². The van der Waals surface area contributed by atoms with E-state index in [2.05, 4.69) is 10.0 Å². The molecule has 0 bridgehead atoms. The number of pyridine rings is 1. The lowest BCUT2D eigenvalue weighted by Gasteiger charge is -2.14. The molecular formula is C21H19F2N3O4S. The van der Waals surface area contributed by atoms with Crippen LogP contribution in [0.15, 0.2) is 70.4 Å². The minimum atomic E-state index is -3.99. The summed E-state index contributed by atoms with van der Waals surface area (Å²) in [5, 5.41) is 2.42. The highest BCUT2D eigenvalue weighted by atomic mass is 32.2. The average molecular weight is 447 g/mol. The Hall–Kier alpha value is -3.53. The van der Waals surface area contributed by atoms with Crippen LogP contribution in [0.4, 0.5) is 14.5 Å². The Morgan fingerprint density at radius 1 is 1.03 bits per heavy atom. The van der Waals surface area contributed by atoms with Gasteiger partial charge in [-0.3, -0.25) is 14.3 Å². The van der Waals surface area contributed by atoms with Crippen molar-refractivity contribution in [1.82, 2.24) is 9.88 Å². The average Bonchev–Trinajstić information content (AvgIpc) is 2.74. The van der Waals surface area contributed by atoms with E-state index in [1.54, 1.807) is 25.1 Å². The van der Waals surface area contributed by atoms with E-state index in [0.29, 0.717) is 5.69 Å². The Bertz CT molecular complexity index is 1280. The Morgan fingerprint density at radius 3 is 2.45 bits per heavy atom. The first-order valence-corrected chi connectivity index (χ1v) is 10.6. The third-order valence-electron chi connectivity index (χ3n) is 4.48. The topological polar surface area (TPSA) is 97.3 Å². The first-order chi connectivity index (χ1) is 14.7. The summed E-state index contributed by atoms with van der Waals surface area (Å²) in [4.78, 5) is 25.0. The van der Waals surface area contributed by atoms with Gasteiger partial charge in [0.1, 0.15) is 23.9 Å². The molecule has 7 nitrogen and oxygen atoms in total. The molecule has 3 aromatic rings. The second-order valence-corrected chi connectivity index (χ2v) is 8.39. The first kappa shape index (κ1) is 22.2. The number of benzene rings is 2. The summed E-state index contributed by atoms with van der Waals surface area (Å²) in [5.41, 5.74) is -0.563. The Morgan fingerprint density at radius 2 is 1.74 bits per heavy atom. The molecule has 0 aliphatic rings. The van der Waals surface area contributed by atoms with Crippen molar-refractivity contribution >= 4 is 21.6 Å². The molecule has 0 atom stereocenters. The number of nitrogens with one attached hydrogen (secondary N) is 2. The van der Waals surface area contributed by atoms with Gasteiger partial charge in [0.15, 0.2) is 0 Å². The normalized spacial score (nSPS) is 11.2. The van der Waals surface area contributed by atoms with Crippen LogP contribution in [0.3, 0.4) is 0 Å². The lowest BCUT2D eigenvalue weighted by Crippen LogP contribution is -2.34. The highest BCUT2D eigenvalue weighted by Gasteiger charge is 2.18. The van der Waals surface area contributed by atoms with E-state index in [0.717, 1.165) is 22.8 Å².